The fourth-order valence-corrected chi connectivity index (χ4v) is 9.22. The Morgan fingerprint density at radius 1 is 1.05 bits per heavy atom. The molecule has 2 bridgehead atoms. The molecule has 2 aromatic carbocycles. The molecule has 6 heterocycles. The van der Waals surface area contributed by atoms with E-state index in [9.17, 15) is 9.18 Å². The molecular weight excluding hydrogens is 725 g/mol. The highest BCUT2D eigenvalue weighted by atomic mass is 19.1. The van der Waals surface area contributed by atoms with Crippen molar-refractivity contribution in [1.82, 2.24) is 24.8 Å². The van der Waals surface area contributed by atoms with Crippen LogP contribution in [0.15, 0.2) is 24.3 Å². The summed E-state index contributed by atoms with van der Waals surface area (Å²) in [6, 6.07) is 5.71. The van der Waals surface area contributed by atoms with Crippen molar-refractivity contribution in [3.05, 3.63) is 47.2 Å². The topological polar surface area (TPSA) is 102 Å². The number of terminal acetylenes is 1. The normalized spacial score (nSPS) is 23.5. The summed E-state index contributed by atoms with van der Waals surface area (Å²) in [6.07, 6.45) is 8.49. The van der Waals surface area contributed by atoms with Gasteiger partial charge in [0.1, 0.15) is 47.0 Å². The molecule has 2 aromatic heterocycles. The second-order valence-corrected chi connectivity index (χ2v) is 16.4. The van der Waals surface area contributed by atoms with Gasteiger partial charge in [-0.25, -0.2) is 22.9 Å². The predicted molar refractivity (Wildman–Crippen MR) is 206 cm³/mol. The lowest BCUT2D eigenvalue weighted by molar-refractivity contribution is 0.0122. The third-order valence-corrected chi connectivity index (χ3v) is 11.6. The van der Waals surface area contributed by atoms with Crippen molar-refractivity contribution < 1.29 is 36.9 Å². The molecule has 4 fully saturated rings. The lowest BCUT2D eigenvalue weighted by Gasteiger charge is -2.42. The van der Waals surface area contributed by atoms with Crippen molar-refractivity contribution in [2.24, 2.45) is 0 Å². The van der Waals surface area contributed by atoms with Gasteiger partial charge in [-0.05, 0) is 83.0 Å². The van der Waals surface area contributed by atoms with E-state index in [0.717, 1.165) is 32.2 Å². The number of aromatic nitrogens is 3. The number of ether oxygens (including phenoxy) is 4. The number of carbonyl (C=O) groups is 1. The minimum Gasteiger partial charge on any atom is -0.468 e. The number of hydrogen-bond donors (Lipinski definition) is 0. The maximum atomic E-state index is 17.6. The number of amides is 1. The average molecular weight is 773 g/mol. The van der Waals surface area contributed by atoms with Crippen LogP contribution in [0.4, 0.5) is 23.8 Å². The molecule has 4 aliphatic rings. The number of piperazine rings is 1. The second kappa shape index (κ2) is 14.6. The summed E-state index contributed by atoms with van der Waals surface area (Å²) in [7, 11) is 1.48. The second-order valence-electron chi connectivity index (χ2n) is 16.4. The lowest BCUT2D eigenvalue weighted by atomic mass is 9.95. The van der Waals surface area contributed by atoms with Crippen molar-refractivity contribution in [2.75, 3.05) is 51.6 Å². The van der Waals surface area contributed by atoms with Crippen molar-refractivity contribution in [2.45, 2.75) is 95.6 Å². The summed E-state index contributed by atoms with van der Waals surface area (Å²) >= 11 is 0. The van der Waals surface area contributed by atoms with E-state index < -0.39 is 28.9 Å². The van der Waals surface area contributed by atoms with Gasteiger partial charge >= 0.3 is 12.1 Å². The van der Waals surface area contributed by atoms with E-state index in [2.05, 4.69) is 15.7 Å². The smallest absolute Gasteiger partial charge is 0.410 e. The number of nitrogens with zero attached hydrogens (tertiary/aromatic N) is 6. The summed E-state index contributed by atoms with van der Waals surface area (Å²) in [6.45, 7) is 9.48. The summed E-state index contributed by atoms with van der Waals surface area (Å²) in [5, 5.41) is 1.24. The molecule has 1 amide bonds. The molecule has 0 N–H and O–H groups in total. The van der Waals surface area contributed by atoms with Gasteiger partial charge in [0.15, 0.2) is 12.6 Å². The molecule has 14 heteroatoms. The Balaban J connectivity index is 1.29. The van der Waals surface area contributed by atoms with Crippen molar-refractivity contribution >= 4 is 33.6 Å². The zero-order chi connectivity index (χ0) is 39.5. The first kappa shape index (κ1) is 38.0. The van der Waals surface area contributed by atoms with E-state index in [1.807, 2.05) is 32.6 Å². The van der Waals surface area contributed by atoms with Gasteiger partial charge in [0, 0.05) is 44.1 Å². The van der Waals surface area contributed by atoms with Crippen LogP contribution < -0.4 is 14.4 Å². The molecule has 4 atom stereocenters. The molecule has 8 rings (SSSR count). The quantitative estimate of drug-likeness (QED) is 0.128. The van der Waals surface area contributed by atoms with Crippen LogP contribution in [0.3, 0.4) is 0 Å². The zero-order valence-electron chi connectivity index (χ0n) is 32.5. The zero-order valence-corrected chi connectivity index (χ0v) is 32.5. The van der Waals surface area contributed by atoms with Gasteiger partial charge in [0.05, 0.1) is 34.3 Å². The summed E-state index contributed by atoms with van der Waals surface area (Å²) in [5.41, 5.74) is -0.573. The molecule has 4 saturated heterocycles. The van der Waals surface area contributed by atoms with Crippen LogP contribution in [0.2, 0.25) is 0 Å². The van der Waals surface area contributed by atoms with Crippen LogP contribution in [0.25, 0.3) is 32.9 Å². The van der Waals surface area contributed by atoms with Gasteiger partial charge in [-0.15, -0.1) is 6.42 Å². The molecule has 0 aliphatic carbocycles. The van der Waals surface area contributed by atoms with E-state index in [-0.39, 0.29) is 59.9 Å². The third kappa shape index (κ3) is 6.72. The van der Waals surface area contributed by atoms with Gasteiger partial charge in [-0.1, -0.05) is 18.9 Å². The third-order valence-electron chi connectivity index (χ3n) is 11.6. The number of carbonyl (C=O) groups excluding carboxylic acids is 1. The van der Waals surface area contributed by atoms with Gasteiger partial charge in [-0.3, -0.25) is 9.80 Å². The first-order valence-electron chi connectivity index (χ1n) is 19.4. The average Bonchev–Trinajstić information content (AvgIpc) is 3.78. The minimum absolute atomic E-state index is 0.0284. The van der Waals surface area contributed by atoms with Crippen LogP contribution in [0.1, 0.15) is 71.1 Å². The Hall–Kier alpha value is -4.87. The molecule has 296 valence electrons. The van der Waals surface area contributed by atoms with Crippen LogP contribution in [0.5, 0.6) is 11.8 Å². The Bertz CT molecular complexity index is 2230. The number of anilines is 1. The first-order valence-corrected chi connectivity index (χ1v) is 19.4. The maximum absolute atomic E-state index is 17.6. The van der Waals surface area contributed by atoms with Gasteiger partial charge in [-0.2, -0.15) is 9.97 Å². The maximum Gasteiger partial charge on any atom is 0.410 e. The van der Waals surface area contributed by atoms with Gasteiger partial charge in [0.2, 0.25) is 0 Å². The standard InChI is InChI=1S/C42H47F3N6O5/c1-7-29-31(44)13-10-24-16-28(55-23-53-6)17-30(33(24)29)36-35(45)37-34(32(8-2)46-36)38(48-39(47-37)54-22-42-14-9-15-50(42)19-25(43)18-42)49-20-26-11-12-27(21-49)51(26)40(52)56-41(3,4)5/h1,10,13,16-17,25-27H,8-9,11-12,14-15,18-23H2,2-6H3/t25-,26-,27+,42+/m1/s1. The van der Waals surface area contributed by atoms with Gasteiger partial charge in [0.25, 0.3) is 0 Å². The lowest BCUT2D eigenvalue weighted by Crippen LogP contribution is -2.57. The molecular formula is C42H47F3N6O5. The van der Waals surface area contributed by atoms with E-state index in [4.69, 9.17) is 40.3 Å². The molecule has 0 saturated carbocycles. The number of halogens is 3. The summed E-state index contributed by atoms with van der Waals surface area (Å²) < 4.78 is 70.7. The summed E-state index contributed by atoms with van der Waals surface area (Å²) in [4.78, 5) is 34.0. The van der Waals surface area contributed by atoms with Crippen molar-refractivity contribution in [1.29, 1.82) is 0 Å². The number of fused-ring (bicyclic) bond motifs is 5. The molecule has 4 aliphatic heterocycles. The molecule has 0 unspecified atom stereocenters. The molecule has 4 aromatic rings. The Kier molecular flexibility index (Phi) is 9.89. The Labute approximate surface area is 324 Å². The van der Waals surface area contributed by atoms with Crippen LogP contribution in [-0.2, 0) is 15.9 Å². The fraction of sp³-hybridized carbons (Fsp3) is 0.524. The van der Waals surface area contributed by atoms with E-state index >= 15 is 8.78 Å². The largest absolute Gasteiger partial charge is 0.468 e. The monoisotopic (exact) mass is 772 g/mol. The Morgan fingerprint density at radius 3 is 2.52 bits per heavy atom. The van der Waals surface area contributed by atoms with Crippen molar-refractivity contribution in [3.8, 4) is 35.4 Å². The number of alkyl halides is 1. The molecule has 0 spiro atoms. The van der Waals surface area contributed by atoms with Crippen LogP contribution in [0, 0.1) is 24.0 Å². The number of rotatable bonds is 9. The van der Waals surface area contributed by atoms with Gasteiger partial charge < -0.3 is 23.8 Å². The van der Waals surface area contributed by atoms with E-state index in [1.54, 1.807) is 18.2 Å². The highest BCUT2D eigenvalue weighted by Gasteiger charge is 2.50. The van der Waals surface area contributed by atoms with Crippen molar-refractivity contribution in [3.63, 3.8) is 0 Å². The van der Waals surface area contributed by atoms with Crippen LogP contribution >= 0.6 is 0 Å². The molecule has 56 heavy (non-hydrogen) atoms. The summed E-state index contributed by atoms with van der Waals surface area (Å²) in [5.74, 6) is 1.83. The van der Waals surface area contributed by atoms with E-state index in [0.29, 0.717) is 65.9 Å². The number of methoxy groups -OCH3 is 1. The fourth-order valence-electron chi connectivity index (χ4n) is 9.22. The number of hydrogen-bond acceptors (Lipinski definition) is 10. The van der Waals surface area contributed by atoms with E-state index in [1.165, 1.54) is 13.2 Å². The Morgan fingerprint density at radius 2 is 1.82 bits per heavy atom. The highest BCUT2D eigenvalue weighted by molar-refractivity contribution is 6.03. The SMILES string of the molecule is C#Cc1c(F)ccc2cc(OCOC)cc(-c3nc(CC)c4c(N5C[C@H]6CC[C@@H](C5)N6C(=O)OC(C)(C)C)nc(OC[C@@]56CCCN5C[C@H](F)C6)nc4c3F)c12. The molecule has 0 radical (unpaired) electrons. The van der Waals surface area contributed by atoms with Crippen LogP contribution in [-0.4, -0.2) is 107 Å². The number of pyridine rings is 1. The number of aryl methyl sites for hydroxylation is 1. The minimum atomic E-state index is -0.960. The number of benzene rings is 2. The first-order chi connectivity index (χ1) is 26.8. The highest BCUT2D eigenvalue weighted by Crippen LogP contribution is 2.44. The predicted octanol–water partition coefficient (Wildman–Crippen LogP) is 7.19. The molecule has 11 nitrogen and oxygen atoms in total.